The number of carbonyl (C=O) groups is 1. The smallest absolute Gasteiger partial charge is 0.410 e. The van der Waals surface area contributed by atoms with Crippen molar-refractivity contribution in [3.05, 3.63) is 53.3 Å². The molecule has 0 spiro atoms. The molecule has 0 radical (unpaired) electrons. The highest BCUT2D eigenvalue weighted by Gasteiger charge is 2.57. The Morgan fingerprint density at radius 1 is 1.11 bits per heavy atom. The fraction of sp³-hybridized carbons (Fsp3) is 0.647. The van der Waals surface area contributed by atoms with E-state index >= 15 is 0 Å². The first kappa shape index (κ1) is 34.7. The van der Waals surface area contributed by atoms with Crippen LogP contribution in [0.5, 0.6) is 5.75 Å². The first-order chi connectivity index (χ1) is 21.7. The van der Waals surface area contributed by atoms with Gasteiger partial charge in [0.15, 0.2) is 0 Å². The molecule has 0 saturated heterocycles. The van der Waals surface area contributed by atoms with Gasteiger partial charge in [-0.15, -0.1) is 0 Å². The number of aryl methyl sites for hydroxylation is 1. The summed E-state index contributed by atoms with van der Waals surface area (Å²) in [6.07, 6.45) is -0.518. The number of rotatable bonds is 11. The molecule has 2 aromatic rings. The lowest BCUT2D eigenvalue weighted by atomic mass is 9.52. The number of aliphatic hydroxyl groups is 1. The SMILES string of the molecule is CCc1cc(NC(=O)Oc2ccc3c(c2)C[C@@H](CCCS(=O)CCCC(F)(F)C(F)(F)F)[C@@H]2[C@@H]3CC[C@]3(C)[C@@H](O)CC[C@@H]23)ccn1. The third-order valence-corrected chi connectivity index (χ3v) is 12.2. The Labute approximate surface area is 269 Å². The summed E-state index contributed by atoms with van der Waals surface area (Å²) >= 11 is 0. The van der Waals surface area contributed by atoms with Crippen LogP contribution in [0.4, 0.5) is 32.4 Å². The van der Waals surface area contributed by atoms with Crippen LogP contribution in [0.25, 0.3) is 0 Å². The van der Waals surface area contributed by atoms with Crippen LogP contribution >= 0.6 is 0 Å². The minimum absolute atomic E-state index is 0.171. The monoisotopic (exact) mass is 670 g/mol. The summed E-state index contributed by atoms with van der Waals surface area (Å²) in [5.74, 6) is -3.22. The molecular weight excluding hydrogens is 627 g/mol. The number of ether oxygens (including phenoxy) is 1. The van der Waals surface area contributed by atoms with Gasteiger partial charge < -0.3 is 9.84 Å². The van der Waals surface area contributed by atoms with E-state index in [1.165, 1.54) is 5.56 Å². The molecule has 3 aliphatic rings. The fourth-order valence-electron chi connectivity index (χ4n) is 8.29. The summed E-state index contributed by atoms with van der Waals surface area (Å²) in [7, 11) is -1.50. The van der Waals surface area contributed by atoms with Gasteiger partial charge in [-0.3, -0.25) is 14.5 Å². The van der Waals surface area contributed by atoms with Gasteiger partial charge in [0.2, 0.25) is 0 Å². The van der Waals surface area contributed by atoms with Crippen LogP contribution in [-0.2, 0) is 23.6 Å². The van der Waals surface area contributed by atoms with Crippen LogP contribution in [0.15, 0.2) is 36.5 Å². The first-order valence-electron chi connectivity index (χ1n) is 16.3. The van der Waals surface area contributed by atoms with Crippen molar-refractivity contribution < 1.29 is 40.8 Å². The maximum atomic E-state index is 13.3. The number of aromatic nitrogens is 1. The number of carbonyl (C=O) groups excluding carboxylic acids is 1. The zero-order valence-corrected chi connectivity index (χ0v) is 27.1. The number of halogens is 5. The highest BCUT2D eigenvalue weighted by molar-refractivity contribution is 7.84. The van der Waals surface area contributed by atoms with E-state index in [-0.39, 0.29) is 34.9 Å². The molecule has 1 heterocycles. The van der Waals surface area contributed by atoms with Gasteiger partial charge in [-0.1, -0.05) is 19.9 Å². The molecule has 6 nitrogen and oxygen atoms in total. The molecule has 1 unspecified atom stereocenters. The number of aliphatic hydroxyl groups excluding tert-OH is 1. The standard InChI is InChI=1S/C34H43F5N2O4S/c1-3-23-20-24(12-15-40-23)41-31(43)45-25-7-8-26-22(19-25)18-21(30-27(26)11-14-32(2)28(30)9-10-29(32)42)6-4-16-46(44)17-5-13-33(35,36)34(37,38)39/h7-8,12,15,19-21,27-30,42H,3-6,9-11,13-14,16-18H2,1-2H3,(H,40,41,43)/t21-,27-,28+,29+,30-,32+,46?/m1/s1. The van der Waals surface area contributed by atoms with Crippen LogP contribution < -0.4 is 10.1 Å². The minimum atomic E-state index is -5.60. The zero-order valence-electron chi connectivity index (χ0n) is 26.3. The molecule has 3 aliphatic carbocycles. The quantitative estimate of drug-likeness (QED) is 0.235. The molecule has 0 bridgehead atoms. The predicted octanol–water partition coefficient (Wildman–Crippen LogP) is 8.20. The molecule has 7 atom stereocenters. The summed E-state index contributed by atoms with van der Waals surface area (Å²) < 4.78 is 82.2. The molecule has 0 aliphatic heterocycles. The number of nitrogens with zero attached hydrogens (tertiary/aromatic N) is 1. The third-order valence-electron chi connectivity index (χ3n) is 10.7. The summed E-state index contributed by atoms with van der Waals surface area (Å²) in [6.45, 7) is 4.16. The van der Waals surface area contributed by atoms with E-state index in [1.54, 1.807) is 18.3 Å². The van der Waals surface area contributed by atoms with Gasteiger partial charge in [-0.2, -0.15) is 22.0 Å². The Bertz CT molecular complexity index is 1420. The van der Waals surface area contributed by atoms with Crippen molar-refractivity contribution in [2.75, 3.05) is 16.8 Å². The molecule has 2 N–H and O–H groups in total. The summed E-state index contributed by atoms with van der Waals surface area (Å²) in [5.41, 5.74) is 3.58. The molecule has 1 amide bonds. The fourth-order valence-corrected chi connectivity index (χ4v) is 9.45. The third kappa shape index (κ3) is 7.42. The molecule has 2 fully saturated rings. The van der Waals surface area contributed by atoms with E-state index in [9.17, 15) is 36.1 Å². The van der Waals surface area contributed by atoms with Crippen LogP contribution in [0.3, 0.4) is 0 Å². The Kier molecular flexibility index (Phi) is 10.5. The van der Waals surface area contributed by atoms with E-state index in [1.807, 2.05) is 25.1 Å². The Morgan fingerprint density at radius 3 is 2.61 bits per heavy atom. The average Bonchev–Trinajstić information content (AvgIpc) is 3.30. The highest BCUT2D eigenvalue weighted by Crippen LogP contribution is 2.62. The highest BCUT2D eigenvalue weighted by atomic mass is 32.2. The molecule has 12 heteroatoms. The molecular formula is C34H43F5N2O4S. The van der Waals surface area contributed by atoms with Gasteiger partial charge in [0.05, 0.1) is 6.10 Å². The largest absolute Gasteiger partial charge is 0.453 e. The number of fused-ring (bicyclic) bond motifs is 5. The summed E-state index contributed by atoms with van der Waals surface area (Å²) in [5, 5.41) is 13.7. The number of benzene rings is 1. The maximum Gasteiger partial charge on any atom is 0.453 e. The van der Waals surface area contributed by atoms with Crippen molar-refractivity contribution in [2.45, 2.75) is 102 Å². The van der Waals surface area contributed by atoms with Gasteiger partial charge >= 0.3 is 18.2 Å². The van der Waals surface area contributed by atoms with E-state index in [4.69, 9.17) is 4.74 Å². The molecule has 46 heavy (non-hydrogen) atoms. The summed E-state index contributed by atoms with van der Waals surface area (Å²) in [4.78, 5) is 17.0. The van der Waals surface area contributed by atoms with Crippen LogP contribution in [-0.4, -0.2) is 50.1 Å². The first-order valence-corrected chi connectivity index (χ1v) is 17.7. The molecule has 2 saturated carbocycles. The minimum Gasteiger partial charge on any atom is -0.410 e. The summed E-state index contributed by atoms with van der Waals surface area (Å²) in [6, 6.07) is 9.27. The van der Waals surface area contributed by atoms with Crippen molar-refractivity contribution in [3.63, 3.8) is 0 Å². The second kappa shape index (κ2) is 13.9. The Balaban J connectivity index is 1.26. The Hall–Kier alpha value is -2.60. The van der Waals surface area contributed by atoms with Gasteiger partial charge in [-0.25, -0.2) is 4.79 Å². The lowest BCUT2D eigenvalue weighted by Gasteiger charge is -2.53. The van der Waals surface area contributed by atoms with E-state index in [2.05, 4.69) is 17.2 Å². The van der Waals surface area contributed by atoms with Gasteiger partial charge in [0.1, 0.15) is 5.75 Å². The topological polar surface area (TPSA) is 88.5 Å². The number of hydrogen-bond donors (Lipinski definition) is 2. The number of nitrogens with one attached hydrogen (secondary N) is 1. The second-order valence-corrected chi connectivity index (χ2v) is 15.1. The van der Waals surface area contributed by atoms with E-state index < -0.39 is 41.8 Å². The van der Waals surface area contributed by atoms with Crippen molar-refractivity contribution in [1.29, 1.82) is 0 Å². The lowest BCUT2D eigenvalue weighted by Crippen LogP contribution is -2.47. The number of alkyl halides is 5. The van der Waals surface area contributed by atoms with Crippen molar-refractivity contribution >= 4 is 22.6 Å². The van der Waals surface area contributed by atoms with Crippen LogP contribution in [0.2, 0.25) is 0 Å². The van der Waals surface area contributed by atoms with Crippen molar-refractivity contribution in [2.24, 2.45) is 23.2 Å². The molecule has 5 rings (SSSR count). The second-order valence-electron chi connectivity index (χ2n) is 13.5. The van der Waals surface area contributed by atoms with E-state index in [0.29, 0.717) is 36.1 Å². The van der Waals surface area contributed by atoms with Crippen LogP contribution in [0.1, 0.15) is 88.0 Å². The van der Waals surface area contributed by atoms with Crippen LogP contribution in [0, 0.1) is 23.2 Å². The number of pyridine rings is 1. The van der Waals surface area contributed by atoms with Gasteiger partial charge in [-0.05, 0) is 122 Å². The number of hydrogen-bond acceptors (Lipinski definition) is 5. The number of amides is 1. The van der Waals surface area contributed by atoms with Crippen molar-refractivity contribution in [1.82, 2.24) is 4.98 Å². The maximum absolute atomic E-state index is 13.3. The van der Waals surface area contributed by atoms with E-state index in [0.717, 1.165) is 49.8 Å². The molecule has 1 aromatic heterocycles. The zero-order chi connectivity index (χ0) is 33.3. The lowest BCUT2D eigenvalue weighted by molar-refractivity contribution is -0.284. The van der Waals surface area contributed by atoms with Gasteiger partial charge in [0.25, 0.3) is 0 Å². The molecule has 1 aromatic carbocycles. The molecule has 254 valence electrons. The number of anilines is 1. The Morgan fingerprint density at radius 2 is 1.87 bits per heavy atom. The van der Waals surface area contributed by atoms with Gasteiger partial charge in [0, 0.05) is 46.3 Å². The predicted molar refractivity (Wildman–Crippen MR) is 167 cm³/mol. The average molecular weight is 671 g/mol. The normalized spacial score (nSPS) is 28.1. The van der Waals surface area contributed by atoms with Crippen molar-refractivity contribution in [3.8, 4) is 5.75 Å².